The first kappa shape index (κ1) is 15.2. The number of rotatable bonds is 3. The van der Waals surface area contributed by atoms with Gasteiger partial charge in [0.1, 0.15) is 0 Å². The van der Waals surface area contributed by atoms with Crippen LogP contribution in [0.3, 0.4) is 0 Å². The van der Waals surface area contributed by atoms with Crippen LogP contribution in [0.25, 0.3) is 22.2 Å². The molecule has 0 saturated heterocycles. The third-order valence-corrected chi connectivity index (χ3v) is 4.85. The van der Waals surface area contributed by atoms with Gasteiger partial charge in [-0.05, 0) is 30.4 Å². The molecule has 3 aromatic rings. The highest BCUT2D eigenvalue weighted by atomic mass is 35.5. The smallest absolute Gasteiger partial charge is 0.278 e. The number of nitrogens with one attached hydrogen (secondary N) is 1. The maximum Gasteiger partial charge on any atom is 0.278 e. The van der Waals surface area contributed by atoms with Crippen molar-refractivity contribution in [2.45, 2.75) is 31.2 Å². The molecule has 116 valence electrons. The van der Waals surface area contributed by atoms with Crippen LogP contribution in [-0.4, -0.2) is 20.3 Å². The summed E-state index contributed by atoms with van der Waals surface area (Å²) in [5.74, 6) is 1.01. The number of halogens is 1. The van der Waals surface area contributed by atoms with E-state index in [0.717, 1.165) is 36.3 Å². The Labute approximate surface area is 137 Å². The number of aromatic amines is 1. The molecule has 1 fully saturated rings. The molecule has 0 bridgehead atoms. The molecule has 3 heterocycles. The third-order valence-electron chi connectivity index (χ3n) is 3.95. The number of thiophene rings is 1. The first-order chi connectivity index (χ1) is 10.2. The minimum absolute atomic E-state index is 0. The summed E-state index contributed by atoms with van der Waals surface area (Å²) >= 11 is 1.65. The van der Waals surface area contributed by atoms with Crippen LogP contribution in [0, 0.1) is 0 Å². The maximum absolute atomic E-state index is 6.34. The predicted molar refractivity (Wildman–Crippen MR) is 86.8 cm³/mol. The largest absolute Gasteiger partial charge is 0.332 e. The molecule has 1 saturated carbocycles. The highest BCUT2D eigenvalue weighted by molar-refractivity contribution is 7.13. The summed E-state index contributed by atoms with van der Waals surface area (Å²) in [4.78, 5) is 5.57. The van der Waals surface area contributed by atoms with Gasteiger partial charge in [-0.1, -0.05) is 24.1 Å². The highest BCUT2D eigenvalue weighted by Gasteiger charge is 2.36. The van der Waals surface area contributed by atoms with E-state index in [1.165, 1.54) is 0 Å². The molecule has 0 amide bonds. The van der Waals surface area contributed by atoms with Crippen molar-refractivity contribution in [2.75, 3.05) is 0 Å². The van der Waals surface area contributed by atoms with E-state index in [4.69, 9.17) is 10.3 Å². The van der Waals surface area contributed by atoms with Crippen LogP contribution in [0.1, 0.15) is 31.5 Å². The number of nitrogens with two attached hydrogens (primary N) is 1. The van der Waals surface area contributed by atoms with E-state index < -0.39 is 5.54 Å². The van der Waals surface area contributed by atoms with Crippen molar-refractivity contribution in [3.63, 3.8) is 0 Å². The standard InChI is InChI=1S/C14H15N5OS.ClH/c15-14(5-1-2-6-14)13-16-12(20-19-13)10-8-9(17-18-10)11-4-3-7-21-11;/h3-4,7-8H,1-2,5-6,15H2,(H,17,18);1H. The van der Waals surface area contributed by atoms with Crippen LogP contribution >= 0.6 is 23.7 Å². The van der Waals surface area contributed by atoms with Gasteiger partial charge in [-0.15, -0.1) is 23.7 Å². The van der Waals surface area contributed by atoms with Gasteiger partial charge in [0.25, 0.3) is 5.89 Å². The van der Waals surface area contributed by atoms with Crippen molar-refractivity contribution < 1.29 is 4.52 Å². The van der Waals surface area contributed by atoms with Crippen molar-refractivity contribution in [3.05, 3.63) is 29.4 Å². The molecule has 0 unspecified atom stereocenters. The molecule has 6 nitrogen and oxygen atoms in total. The van der Waals surface area contributed by atoms with Gasteiger partial charge < -0.3 is 10.3 Å². The zero-order valence-corrected chi connectivity index (χ0v) is 13.4. The quantitative estimate of drug-likeness (QED) is 0.764. The summed E-state index contributed by atoms with van der Waals surface area (Å²) in [5, 5.41) is 13.3. The molecule has 0 aliphatic heterocycles. The fourth-order valence-corrected chi connectivity index (χ4v) is 3.44. The van der Waals surface area contributed by atoms with Gasteiger partial charge in [-0.2, -0.15) is 10.1 Å². The van der Waals surface area contributed by atoms with E-state index in [1.807, 2.05) is 23.6 Å². The second-order valence-corrected chi connectivity index (χ2v) is 6.38. The van der Waals surface area contributed by atoms with E-state index in [9.17, 15) is 0 Å². The molecule has 1 aliphatic carbocycles. The van der Waals surface area contributed by atoms with Gasteiger partial charge in [-0.3, -0.25) is 5.10 Å². The van der Waals surface area contributed by atoms with Crippen LogP contribution in [0.2, 0.25) is 0 Å². The first-order valence-electron chi connectivity index (χ1n) is 6.97. The lowest BCUT2D eigenvalue weighted by molar-refractivity contribution is 0.372. The monoisotopic (exact) mass is 337 g/mol. The number of H-pyrrole nitrogens is 1. The fraction of sp³-hybridized carbons (Fsp3) is 0.357. The molecule has 4 rings (SSSR count). The SMILES string of the molecule is Cl.NC1(c2noc(-c3cc(-c4cccs4)[nH]n3)n2)CCCC1. The molecule has 0 radical (unpaired) electrons. The van der Waals surface area contributed by atoms with E-state index >= 15 is 0 Å². The zero-order valence-electron chi connectivity index (χ0n) is 11.8. The van der Waals surface area contributed by atoms with E-state index in [2.05, 4.69) is 20.3 Å². The van der Waals surface area contributed by atoms with Crippen molar-refractivity contribution >= 4 is 23.7 Å². The molecule has 3 aromatic heterocycles. The van der Waals surface area contributed by atoms with Crippen LogP contribution in [-0.2, 0) is 5.54 Å². The molecule has 0 aromatic carbocycles. The lowest BCUT2D eigenvalue weighted by atomic mass is 9.99. The average Bonchev–Trinajstić information content (AvgIpc) is 3.25. The lowest BCUT2D eigenvalue weighted by Crippen LogP contribution is -2.34. The molecule has 0 spiro atoms. The minimum Gasteiger partial charge on any atom is -0.332 e. The first-order valence-corrected chi connectivity index (χ1v) is 7.85. The lowest BCUT2D eigenvalue weighted by Gasteiger charge is -2.17. The van der Waals surface area contributed by atoms with Crippen LogP contribution < -0.4 is 5.73 Å². The van der Waals surface area contributed by atoms with E-state index in [0.29, 0.717) is 17.4 Å². The second-order valence-electron chi connectivity index (χ2n) is 5.43. The highest BCUT2D eigenvalue weighted by Crippen LogP contribution is 2.35. The summed E-state index contributed by atoms with van der Waals surface area (Å²) in [6.07, 6.45) is 4.05. The Bertz CT molecular complexity index is 745. The van der Waals surface area contributed by atoms with Gasteiger partial charge in [-0.25, -0.2) is 0 Å². The second kappa shape index (κ2) is 5.83. The molecule has 3 N–H and O–H groups in total. The topological polar surface area (TPSA) is 93.6 Å². The molecular formula is C14H16ClN5OS. The maximum atomic E-state index is 6.34. The van der Waals surface area contributed by atoms with E-state index in [-0.39, 0.29) is 12.4 Å². The van der Waals surface area contributed by atoms with Gasteiger partial charge in [0.2, 0.25) is 0 Å². The van der Waals surface area contributed by atoms with Crippen LogP contribution in [0.4, 0.5) is 0 Å². The fourth-order valence-electron chi connectivity index (χ4n) is 2.75. The van der Waals surface area contributed by atoms with Gasteiger partial charge in [0.15, 0.2) is 11.5 Å². The van der Waals surface area contributed by atoms with Crippen molar-refractivity contribution in [1.29, 1.82) is 0 Å². The molecule has 22 heavy (non-hydrogen) atoms. The van der Waals surface area contributed by atoms with Crippen molar-refractivity contribution in [1.82, 2.24) is 20.3 Å². The number of hydrogen-bond acceptors (Lipinski definition) is 6. The predicted octanol–water partition coefficient (Wildman–Crippen LogP) is 3.34. The Morgan fingerprint density at radius 2 is 2.14 bits per heavy atom. The molecule has 0 atom stereocenters. The Kier molecular flexibility index (Phi) is 4.03. The van der Waals surface area contributed by atoms with Crippen molar-refractivity contribution in [3.8, 4) is 22.2 Å². The summed E-state index contributed by atoms with van der Waals surface area (Å²) in [6.45, 7) is 0. The van der Waals surface area contributed by atoms with Crippen LogP contribution in [0.5, 0.6) is 0 Å². The van der Waals surface area contributed by atoms with Gasteiger partial charge in [0.05, 0.1) is 16.1 Å². The van der Waals surface area contributed by atoms with Gasteiger partial charge >= 0.3 is 0 Å². The average molecular weight is 338 g/mol. The number of hydrogen-bond donors (Lipinski definition) is 2. The Balaban J connectivity index is 0.00000144. The number of nitrogens with zero attached hydrogens (tertiary/aromatic N) is 3. The van der Waals surface area contributed by atoms with Crippen molar-refractivity contribution in [2.24, 2.45) is 5.73 Å². The molecular weight excluding hydrogens is 322 g/mol. The molecule has 1 aliphatic rings. The Morgan fingerprint density at radius 3 is 2.86 bits per heavy atom. The van der Waals surface area contributed by atoms with E-state index in [1.54, 1.807) is 11.3 Å². The summed E-state index contributed by atoms with van der Waals surface area (Å²) in [7, 11) is 0. The summed E-state index contributed by atoms with van der Waals surface area (Å²) in [5.41, 5.74) is 7.51. The van der Waals surface area contributed by atoms with Crippen LogP contribution in [0.15, 0.2) is 28.1 Å². The minimum atomic E-state index is -0.436. The normalized spacial score (nSPS) is 16.6. The summed E-state index contributed by atoms with van der Waals surface area (Å²) < 4.78 is 5.34. The third kappa shape index (κ3) is 2.55. The van der Waals surface area contributed by atoms with Gasteiger partial charge in [0, 0.05) is 0 Å². The zero-order chi connectivity index (χ0) is 14.3. The Morgan fingerprint density at radius 1 is 1.32 bits per heavy atom. The number of aromatic nitrogens is 4. The summed E-state index contributed by atoms with van der Waals surface area (Å²) in [6, 6.07) is 5.96. The molecule has 8 heteroatoms. The Hall–Kier alpha value is -1.70.